The number of urea groups is 1. The van der Waals surface area contributed by atoms with E-state index in [2.05, 4.69) is 25.7 Å². The van der Waals surface area contributed by atoms with Gasteiger partial charge in [-0.15, -0.1) is 11.3 Å². The van der Waals surface area contributed by atoms with E-state index >= 15 is 0 Å². The third-order valence-electron chi connectivity index (χ3n) is 3.94. The van der Waals surface area contributed by atoms with Crippen LogP contribution in [0.1, 0.15) is 59.8 Å². The highest BCUT2D eigenvalue weighted by atomic mass is 32.1. The molecule has 7 nitrogen and oxygen atoms in total. The van der Waals surface area contributed by atoms with Gasteiger partial charge >= 0.3 is 6.03 Å². The summed E-state index contributed by atoms with van der Waals surface area (Å²) in [5, 5.41) is 11.4. The topological polar surface area (TPSA) is 84.7 Å². The first-order valence-corrected chi connectivity index (χ1v) is 8.79. The average Bonchev–Trinajstić information content (AvgIpc) is 3.10. The molecule has 2 N–H and O–H groups in total. The van der Waals surface area contributed by atoms with Crippen LogP contribution in [0.5, 0.6) is 0 Å². The van der Waals surface area contributed by atoms with E-state index in [1.165, 1.54) is 0 Å². The molecular weight excluding hydrogens is 312 g/mol. The van der Waals surface area contributed by atoms with Crippen molar-refractivity contribution >= 4 is 17.4 Å². The molecule has 0 saturated carbocycles. The van der Waals surface area contributed by atoms with E-state index in [0.717, 1.165) is 47.3 Å². The van der Waals surface area contributed by atoms with Crippen LogP contribution in [0.25, 0.3) is 0 Å². The van der Waals surface area contributed by atoms with Crippen LogP contribution in [-0.4, -0.2) is 25.8 Å². The van der Waals surface area contributed by atoms with Gasteiger partial charge in [0.25, 0.3) is 0 Å². The number of rotatable bonds is 4. The molecule has 2 aromatic heterocycles. The van der Waals surface area contributed by atoms with Crippen LogP contribution >= 0.6 is 11.3 Å². The van der Waals surface area contributed by atoms with E-state index in [1.807, 2.05) is 31.6 Å². The van der Waals surface area contributed by atoms with Gasteiger partial charge < -0.3 is 10.6 Å². The van der Waals surface area contributed by atoms with Crippen molar-refractivity contribution in [3.05, 3.63) is 27.7 Å². The Labute approximate surface area is 139 Å². The molecule has 2 aromatic rings. The molecule has 0 spiro atoms. The molecule has 8 heteroatoms. The molecule has 2 amide bonds. The number of thiazole rings is 1. The van der Waals surface area contributed by atoms with Gasteiger partial charge in [-0.05, 0) is 33.1 Å². The van der Waals surface area contributed by atoms with Crippen LogP contribution in [0, 0.1) is 13.8 Å². The number of aryl methyl sites for hydroxylation is 3. The van der Waals surface area contributed by atoms with Gasteiger partial charge in [0, 0.05) is 17.6 Å². The number of carbonyl (C=O) groups excluding carboxylic acids is 1. The van der Waals surface area contributed by atoms with Gasteiger partial charge in [0.1, 0.15) is 16.7 Å². The number of nitrogens with zero attached hydrogens (tertiary/aromatic N) is 4. The first kappa shape index (κ1) is 15.9. The molecule has 0 fully saturated rings. The quantitative estimate of drug-likeness (QED) is 0.900. The van der Waals surface area contributed by atoms with Crippen molar-refractivity contribution in [1.29, 1.82) is 0 Å². The second-order valence-electron chi connectivity index (χ2n) is 5.82. The summed E-state index contributed by atoms with van der Waals surface area (Å²) in [6, 6.07) is -0.318. The van der Waals surface area contributed by atoms with Crippen molar-refractivity contribution in [3.8, 4) is 0 Å². The molecule has 0 unspecified atom stereocenters. The molecule has 23 heavy (non-hydrogen) atoms. The summed E-state index contributed by atoms with van der Waals surface area (Å²) in [7, 11) is 0. The van der Waals surface area contributed by atoms with Crippen molar-refractivity contribution in [2.45, 2.75) is 58.7 Å². The van der Waals surface area contributed by atoms with E-state index in [1.54, 1.807) is 11.3 Å². The standard InChI is InChI=1S/C15H22N6OS/c1-4-11(14-16-8-9(2)23-14)18-15(22)19-12-6-5-7-21-13(12)17-10(3)20-21/h8,11-12H,4-7H2,1-3H3,(H2,18,19,22)/t11-,12+/m1/s1. The maximum Gasteiger partial charge on any atom is 0.315 e. The van der Waals surface area contributed by atoms with Crippen LogP contribution in [0.4, 0.5) is 4.79 Å². The fraction of sp³-hybridized carbons (Fsp3) is 0.600. The minimum absolute atomic E-state index is 0.0584. The summed E-state index contributed by atoms with van der Waals surface area (Å²) < 4.78 is 1.89. The first-order chi connectivity index (χ1) is 11.1. The Kier molecular flexibility index (Phi) is 4.61. The van der Waals surface area contributed by atoms with Crippen molar-refractivity contribution in [1.82, 2.24) is 30.4 Å². The van der Waals surface area contributed by atoms with Crippen LogP contribution in [0.3, 0.4) is 0 Å². The van der Waals surface area contributed by atoms with E-state index in [9.17, 15) is 4.79 Å². The Morgan fingerprint density at radius 2 is 2.35 bits per heavy atom. The highest BCUT2D eigenvalue weighted by Crippen LogP contribution is 2.24. The molecule has 1 aliphatic heterocycles. The van der Waals surface area contributed by atoms with Gasteiger partial charge in [0.15, 0.2) is 0 Å². The molecular formula is C15H22N6OS. The van der Waals surface area contributed by atoms with Crippen LogP contribution in [0.2, 0.25) is 0 Å². The van der Waals surface area contributed by atoms with E-state index in [4.69, 9.17) is 0 Å². The van der Waals surface area contributed by atoms with Gasteiger partial charge in [0.05, 0.1) is 12.1 Å². The molecule has 0 bridgehead atoms. The molecule has 0 saturated heterocycles. The Bertz CT molecular complexity index is 694. The largest absolute Gasteiger partial charge is 0.329 e. The second-order valence-corrected chi connectivity index (χ2v) is 7.09. The number of hydrogen-bond donors (Lipinski definition) is 2. The molecule has 124 valence electrons. The fourth-order valence-corrected chi connectivity index (χ4v) is 3.74. The number of amides is 2. The maximum atomic E-state index is 12.4. The molecule has 3 rings (SSSR count). The van der Waals surface area contributed by atoms with Crippen molar-refractivity contribution in [3.63, 3.8) is 0 Å². The van der Waals surface area contributed by atoms with E-state index < -0.39 is 0 Å². The van der Waals surface area contributed by atoms with Gasteiger partial charge in [-0.2, -0.15) is 5.10 Å². The molecule has 0 aliphatic carbocycles. The van der Waals surface area contributed by atoms with Crippen LogP contribution < -0.4 is 10.6 Å². The summed E-state index contributed by atoms with van der Waals surface area (Å²) in [4.78, 5) is 22.3. The molecule has 0 radical (unpaired) electrons. The lowest BCUT2D eigenvalue weighted by atomic mass is 10.1. The predicted octanol–water partition coefficient (Wildman–Crippen LogP) is 2.64. The SMILES string of the molecule is CC[C@@H](NC(=O)N[C@H]1CCCn2nc(C)nc21)c1ncc(C)s1. The zero-order valence-corrected chi connectivity index (χ0v) is 14.5. The van der Waals surface area contributed by atoms with E-state index in [-0.39, 0.29) is 18.1 Å². The predicted molar refractivity (Wildman–Crippen MR) is 88.3 cm³/mol. The van der Waals surface area contributed by atoms with Gasteiger partial charge in [0.2, 0.25) is 0 Å². The zero-order valence-electron chi connectivity index (χ0n) is 13.7. The fourth-order valence-electron chi connectivity index (χ4n) is 2.83. The Morgan fingerprint density at radius 3 is 3.04 bits per heavy atom. The highest BCUT2D eigenvalue weighted by Gasteiger charge is 2.26. The zero-order chi connectivity index (χ0) is 16.4. The third-order valence-corrected chi connectivity index (χ3v) is 4.96. The van der Waals surface area contributed by atoms with Gasteiger partial charge in [-0.25, -0.2) is 19.4 Å². The minimum atomic E-state index is -0.177. The number of aromatic nitrogens is 4. The van der Waals surface area contributed by atoms with Crippen molar-refractivity contribution in [2.24, 2.45) is 0 Å². The number of carbonyl (C=O) groups is 1. The van der Waals surface area contributed by atoms with Crippen LogP contribution in [0.15, 0.2) is 6.20 Å². The summed E-state index contributed by atoms with van der Waals surface area (Å²) in [5.41, 5.74) is 0. The minimum Gasteiger partial charge on any atom is -0.329 e. The Morgan fingerprint density at radius 1 is 1.52 bits per heavy atom. The van der Waals surface area contributed by atoms with Crippen LogP contribution in [-0.2, 0) is 6.54 Å². The summed E-state index contributed by atoms with van der Waals surface area (Å²) in [6.07, 6.45) is 4.53. The lowest BCUT2D eigenvalue weighted by molar-refractivity contribution is 0.228. The first-order valence-electron chi connectivity index (χ1n) is 7.97. The molecule has 2 atom stereocenters. The smallest absolute Gasteiger partial charge is 0.315 e. The molecule has 1 aliphatic rings. The van der Waals surface area contributed by atoms with Crippen molar-refractivity contribution < 1.29 is 4.79 Å². The third kappa shape index (κ3) is 3.52. The molecule has 0 aromatic carbocycles. The lowest BCUT2D eigenvalue weighted by Gasteiger charge is -2.24. The highest BCUT2D eigenvalue weighted by molar-refractivity contribution is 7.11. The Balaban J connectivity index is 1.65. The summed E-state index contributed by atoms with van der Waals surface area (Å²) >= 11 is 1.62. The number of fused-ring (bicyclic) bond motifs is 1. The maximum absolute atomic E-state index is 12.4. The molecule has 3 heterocycles. The number of hydrogen-bond acceptors (Lipinski definition) is 5. The monoisotopic (exact) mass is 334 g/mol. The number of nitrogens with one attached hydrogen (secondary N) is 2. The second kappa shape index (κ2) is 6.66. The normalized spacial score (nSPS) is 18.3. The van der Waals surface area contributed by atoms with E-state index in [0.29, 0.717) is 0 Å². The average molecular weight is 334 g/mol. The Hall–Kier alpha value is -1.96. The lowest BCUT2D eigenvalue weighted by Crippen LogP contribution is -2.41. The summed E-state index contributed by atoms with van der Waals surface area (Å²) in [5.74, 6) is 1.60. The van der Waals surface area contributed by atoms with Gasteiger partial charge in [-0.3, -0.25) is 0 Å². The van der Waals surface area contributed by atoms with Crippen molar-refractivity contribution in [2.75, 3.05) is 0 Å². The van der Waals surface area contributed by atoms with Gasteiger partial charge in [-0.1, -0.05) is 6.92 Å². The summed E-state index contributed by atoms with van der Waals surface area (Å²) in [6.45, 7) is 6.81.